The summed E-state index contributed by atoms with van der Waals surface area (Å²) in [5, 5.41) is 10.3. The van der Waals surface area contributed by atoms with Gasteiger partial charge in [0.1, 0.15) is 11.9 Å². The van der Waals surface area contributed by atoms with Crippen LogP contribution in [0.1, 0.15) is 111 Å². The van der Waals surface area contributed by atoms with Crippen molar-refractivity contribution in [2.45, 2.75) is 108 Å². The fraction of sp³-hybridized carbons (Fsp3) is 0.613. The highest BCUT2D eigenvalue weighted by molar-refractivity contribution is 5.32. The Balaban J connectivity index is 1.13. The van der Waals surface area contributed by atoms with E-state index in [0.29, 0.717) is 23.3 Å². The monoisotopic (exact) mass is 516 g/mol. The second-order valence-electron chi connectivity index (χ2n) is 11.3. The molecule has 202 valence electrons. The van der Waals surface area contributed by atoms with Gasteiger partial charge in [0.25, 0.3) is 0 Å². The van der Waals surface area contributed by atoms with E-state index in [-0.39, 0.29) is 48.5 Å². The Kier molecular flexibility index (Phi) is 8.57. The van der Waals surface area contributed by atoms with Gasteiger partial charge in [0, 0.05) is 5.56 Å². The fourth-order valence-corrected chi connectivity index (χ4v) is 6.43. The van der Waals surface area contributed by atoms with Crippen molar-refractivity contribution in [1.82, 2.24) is 0 Å². The Morgan fingerprint density at radius 2 is 1.49 bits per heavy atom. The fourth-order valence-electron chi connectivity index (χ4n) is 6.43. The molecule has 1 heterocycles. The summed E-state index contributed by atoms with van der Waals surface area (Å²) in [6, 6.07) is 8.76. The molecule has 5 rings (SSSR count). The zero-order valence-electron chi connectivity index (χ0n) is 21.7. The van der Waals surface area contributed by atoms with E-state index in [1.54, 1.807) is 18.2 Å². The largest absolute Gasteiger partial charge is 0.393 e. The van der Waals surface area contributed by atoms with Crippen LogP contribution in [0.3, 0.4) is 0 Å². The normalized spacial score (nSPS) is 28.7. The Hall–Kier alpha value is -1.89. The first-order valence-electron chi connectivity index (χ1n) is 14.1. The van der Waals surface area contributed by atoms with Gasteiger partial charge in [-0.3, -0.25) is 0 Å². The lowest BCUT2D eigenvalue weighted by molar-refractivity contribution is 0.0118. The van der Waals surface area contributed by atoms with E-state index in [1.165, 1.54) is 6.07 Å². The maximum absolute atomic E-state index is 15.2. The average molecular weight is 517 g/mol. The lowest BCUT2D eigenvalue weighted by Crippen LogP contribution is -2.25. The van der Waals surface area contributed by atoms with Gasteiger partial charge < -0.3 is 14.6 Å². The van der Waals surface area contributed by atoms with Gasteiger partial charge in [-0.05, 0) is 98.3 Å². The van der Waals surface area contributed by atoms with Crippen LogP contribution in [0.2, 0.25) is 0 Å². The van der Waals surface area contributed by atoms with E-state index < -0.39 is 11.6 Å². The summed E-state index contributed by atoms with van der Waals surface area (Å²) in [6.07, 6.45) is 7.75. The van der Waals surface area contributed by atoms with Crippen molar-refractivity contribution in [3.63, 3.8) is 0 Å². The van der Waals surface area contributed by atoms with Crippen molar-refractivity contribution in [3.05, 3.63) is 70.0 Å². The van der Waals surface area contributed by atoms with Gasteiger partial charge in [-0.1, -0.05) is 37.6 Å². The number of halogens is 3. The minimum atomic E-state index is -0.697. The highest BCUT2D eigenvalue weighted by Crippen LogP contribution is 2.42. The number of aliphatic hydroxyl groups excluding tert-OH is 1. The van der Waals surface area contributed by atoms with Gasteiger partial charge in [-0.25, -0.2) is 13.2 Å². The van der Waals surface area contributed by atoms with Crippen molar-refractivity contribution < 1.29 is 27.8 Å². The van der Waals surface area contributed by atoms with Crippen LogP contribution in [0.4, 0.5) is 13.2 Å². The topological polar surface area (TPSA) is 42.0 Å². The number of epoxide rings is 1. The van der Waals surface area contributed by atoms with E-state index in [4.69, 9.17) is 9.47 Å². The standard InChI is InChI=1S/C31H39F3O3/c1-2-3-28(35)21-6-4-19(5-7-21)25-14-15-26(31(34)30(25)33)20-10-12-24(13-11-20)36-17-23-9-8-22(16-27(23)32)29-18-37-29/h8-9,14-16,19-21,24,28-29,35H,2-7,10-13,17-18H2,1H3. The van der Waals surface area contributed by atoms with Gasteiger partial charge in [0.05, 0.1) is 25.4 Å². The predicted molar refractivity (Wildman–Crippen MR) is 137 cm³/mol. The number of hydrogen-bond acceptors (Lipinski definition) is 3. The molecule has 0 bridgehead atoms. The van der Waals surface area contributed by atoms with Gasteiger partial charge >= 0.3 is 0 Å². The molecule has 3 aliphatic rings. The highest BCUT2D eigenvalue weighted by Gasteiger charge is 2.31. The molecule has 0 aromatic heterocycles. The molecule has 2 aromatic carbocycles. The first kappa shape index (κ1) is 26.7. The van der Waals surface area contributed by atoms with Gasteiger partial charge in [-0.2, -0.15) is 0 Å². The van der Waals surface area contributed by atoms with Crippen molar-refractivity contribution in [3.8, 4) is 0 Å². The number of rotatable bonds is 9. The van der Waals surface area contributed by atoms with Crippen LogP contribution >= 0.6 is 0 Å². The van der Waals surface area contributed by atoms with Crippen molar-refractivity contribution in [1.29, 1.82) is 0 Å². The zero-order valence-corrected chi connectivity index (χ0v) is 21.7. The number of benzene rings is 2. The van der Waals surface area contributed by atoms with E-state index in [0.717, 1.165) is 69.8 Å². The summed E-state index contributed by atoms with van der Waals surface area (Å²) in [6.45, 7) is 2.93. The summed E-state index contributed by atoms with van der Waals surface area (Å²) in [5.41, 5.74) is 2.35. The predicted octanol–water partition coefficient (Wildman–Crippen LogP) is 7.85. The molecule has 2 aromatic rings. The Morgan fingerprint density at radius 3 is 2.03 bits per heavy atom. The van der Waals surface area contributed by atoms with Crippen LogP contribution in [0.5, 0.6) is 0 Å². The Bertz CT molecular complexity index is 1050. The molecule has 1 aliphatic heterocycles. The van der Waals surface area contributed by atoms with Crippen molar-refractivity contribution in [2.24, 2.45) is 5.92 Å². The second kappa shape index (κ2) is 11.9. The van der Waals surface area contributed by atoms with Crippen LogP contribution < -0.4 is 0 Å². The third-order valence-electron chi connectivity index (χ3n) is 8.85. The van der Waals surface area contributed by atoms with Crippen molar-refractivity contribution >= 4 is 0 Å². The Labute approximate surface area is 218 Å². The molecule has 3 nitrogen and oxygen atoms in total. The van der Waals surface area contributed by atoms with Crippen LogP contribution in [0.25, 0.3) is 0 Å². The molecule has 2 aliphatic carbocycles. The molecule has 3 fully saturated rings. The molecule has 1 saturated heterocycles. The first-order valence-corrected chi connectivity index (χ1v) is 14.1. The smallest absolute Gasteiger partial charge is 0.162 e. The van der Waals surface area contributed by atoms with Gasteiger partial charge in [0.15, 0.2) is 11.6 Å². The molecule has 37 heavy (non-hydrogen) atoms. The lowest BCUT2D eigenvalue weighted by atomic mass is 9.75. The third kappa shape index (κ3) is 6.23. The second-order valence-corrected chi connectivity index (χ2v) is 11.3. The molecule has 2 atom stereocenters. The quantitative estimate of drug-likeness (QED) is 0.345. The first-order chi connectivity index (χ1) is 17.9. The number of ether oxygens (including phenoxy) is 2. The summed E-state index contributed by atoms with van der Waals surface area (Å²) >= 11 is 0. The molecule has 1 N–H and O–H groups in total. The number of aliphatic hydroxyl groups is 1. The van der Waals surface area contributed by atoms with Crippen molar-refractivity contribution in [2.75, 3.05) is 6.61 Å². The molecular formula is C31H39F3O3. The van der Waals surface area contributed by atoms with E-state index >= 15 is 8.78 Å². The SMILES string of the molecule is CCCC(O)C1CCC(c2ccc(C3CCC(OCc4ccc(C5CO5)cc4F)CC3)c(F)c2F)CC1. The van der Waals surface area contributed by atoms with Crippen LogP contribution in [0, 0.1) is 23.4 Å². The molecule has 2 saturated carbocycles. The number of hydrogen-bond donors (Lipinski definition) is 1. The average Bonchev–Trinajstić information content (AvgIpc) is 3.76. The molecule has 0 amide bonds. The molecule has 0 radical (unpaired) electrons. The lowest BCUT2D eigenvalue weighted by Gasteiger charge is -2.32. The third-order valence-corrected chi connectivity index (χ3v) is 8.85. The maximum Gasteiger partial charge on any atom is 0.162 e. The summed E-state index contributed by atoms with van der Waals surface area (Å²) < 4.78 is 56.0. The van der Waals surface area contributed by atoms with E-state index in [1.807, 2.05) is 6.07 Å². The van der Waals surface area contributed by atoms with Gasteiger partial charge in [-0.15, -0.1) is 0 Å². The molecule has 2 unspecified atom stereocenters. The maximum atomic E-state index is 15.2. The summed E-state index contributed by atoms with van der Waals surface area (Å²) in [4.78, 5) is 0. The zero-order chi connectivity index (χ0) is 25.9. The van der Waals surface area contributed by atoms with Crippen LogP contribution in [0.15, 0.2) is 30.3 Å². The summed E-state index contributed by atoms with van der Waals surface area (Å²) in [5.74, 6) is -1.40. The summed E-state index contributed by atoms with van der Waals surface area (Å²) in [7, 11) is 0. The van der Waals surface area contributed by atoms with E-state index in [9.17, 15) is 9.50 Å². The minimum absolute atomic E-state index is 0.00693. The Morgan fingerprint density at radius 1 is 0.892 bits per heavy atom. The molecule has 0 spiro atoms. The molecular weight excluding hydrogens is 477 g/mol. The van der Waals surface area contributed by atoms with Crippen LogP contribution in [-0.2, 0) is 16.1 Å². The molecule has 6 heteroatoms. The van der Waals surface area contributed by atoms with Gasteiger partial charge in [0.2, 0.25) is 0 Å². The minimum Gasteiger partial charge on any atom is -0.393 e. The van der Waals surface area contributed by atoms with E-state index in [2.05, 4.69) is 6.92 Å². The van der Waals surface area contributed by atoms with Crippen LogP contribution in [-0.4, -0.2) is 23.9 Å². The highest BCUT2D eigenvalue weighted by atomic mass is 19.2.